The molecule has 1 aromatic carbocycles. The van der Waals surface area contributed by atoms with Crippen LogP contribution in [-0.4, -0.2) is 9.38 Å². The fraction of sp³-hybridized carbons (Fsp3) is 0.188. The third-order valence-electron chi connectivity index (χ3n) is 3.51. The lowest BCUT2D eigenvalue weighted by molar-refractivity contribution is 1.10. The van der Waals surface area contributed by atoms with Crippen molar-refractivity contribution < 1.29 is 0 Å². The molecule has 0 saturated carbocycles. The van der Waals surface area contributed by atoms with Gasteiger partial charge in [0.1, 0.15) is 0 Å². The van der Waals surface area contributed by atoms with E-state index in [1.165, 1.54) is 5.56 Å². The Morgan fingerprint density at radius 3 is 2.47 bits per heavy atom. The van der Waals surface area contributed by atoms with Gasteiger partial charge in [-0.2, -0.15) is 0 Å². The minimum atomic E-state index is 0.710. The number of imidazole rings is 1. The van der Waals surface area contributed by atoms with Gasteiger partial charge >= 0.3 is 0 Å². The molecule has 96 valence electrons. The zero-order valence-electron chi connectivity index (χ0n) is 11.2. The van der Waals surface area contributed by atoms with Gasteiger partial charge in [-0.05, 0) is 31.0 Å². The van der Waals surface area contributed by atoms with Gasteiger partial charge in [-0.25, -0.2) is 4.98 Å². The van der Waals surface area contributed by atoms with Crippen molar-refractivity contribution in [2.24, 2.45) is 0 Å². The molecule has 0 amide bonds. The van der Waals surface area contributed by atoms with Crippen molar-refractivity contribution in [1.82, 2.24) is 9.38 Å². The molecule has 0 atom stereocenters. The molecule has 0 radical (unpaired) electrons. The first-order valence-corrected chi connectivity index (χ1v) is 6.52. The van der Waals surface area contributed by atoms with E-state index in [1.54, 1.807) is 0 Å². The number of anilines is 1. The normalized spacial score (nSPS) is 11.1. The van der Waals surface area contributed by atoms with E-state index in [9.17, 15) is 0 Å². The van der Waals surface area contributed by atoms with E-state index in [4.69, 9.17) is 5.73 Å². The molecule has 0 aliphatic rings. The van der Waals surface area contributed by atoms with Crippen molar-refractivity contribution in [3.63, 3.8) is 0 Å². The van der Waals surface area contributed by atoms with Crippen LogP contribution >= 0.6 is 0 Å². The van der Waals surface area contributed by atoms with Crippen LogP contribution in [0.1, 0.15) is 18.2 Å². The number of nitrogens with zero attached hydrogens (tertiary/aromatic N) is 2. The fourth-order valence-electron chi connectivity index (χ4n) is 2.27. The van der Waals surface area contributed by atoms with Crippen molar-refractivity contribution in [3.8, 4) is 11.3 Å². The smallest absolute Gasteiger partial charge is 0.160 e. The number of nitrogens with two attached hydrogens (primary N) is 1. The zero-order chi connectivity index (χ0) is 13.4. The fourth-order valence-corrected chi connectivity index (χ4v) is 2.27. The van der Waals surface area contributed by atoms with Gasteiger partial charge < -0.3 is 10.1 Å². The molecular weight excluding hydrogens is 234 g/mol. The Hall–Kier alpha value is -2.29. The molecule has 0 aliphatic heterocycles. The maximum atomic E-state index is 5.98. The molecule has 3 rings (SSSR count). The molecule has 3 nitrogen and oxygen atoms in total. The summed E-state index contributed by atoms with van der Waals surface area (Å²) >= 11 is 0. The van der Waals surface area contributed by atoms with Crippen LogP contribution in [0.2, 0.25) is 0 Å². The van der Waals surface area contributed by atoms with Gasteiger partial charge in [0, 0.05) is 17.5 Å². The third kappa shape index (κ3) is 1.97. The second-order valence-electron chi connectivity index (χ2n) is 4.80. The summed E-state index contributed by atoms with van der Waals surface area (Å²) in [6, 6.07) is 12.4. The monoisotopic (exact) mass is 251 g/mol. The molecule has 2 heterocycles. The van der Waals surface area contributed by atoms with Crippen LogP contribution in [0, 0.1) is 6.92 Å². The van der Waals surface area contributed by atoms with Gasteiger partial charge in [0.25, 0.3) is 0 Å². The van der Waals surface area contributed by atoms with E-state index in [0.29, 0.717) is 5.69 Å². The average Bonchev–Trinajstić information content (AvgIpc) is 2.89. The van der Waals surface area contributed by atoms with Gasteiger partial charge in [-0.1, -0.05) is 31.2 Å². The van der Waals surface area contributed by atoms with Crippen LogP contribution in [0.5, 0.6) is 0 Å². The maximum Gasteiger partial charge on any atom is 0.160 e. The molecule has 0 fully saturated rings. The molecule has 3 heteroatoms. The molecule has 0 bridgehead atoms. The highest BCUT2D eigenvalue weighted by Crippen LogP contribution is 2.23. The van der Waals surface area contributed by atoms with Crippen LogP contribution in [-0.2, 0) is 6.42 Å². The number of hydrogen-bond acceptors (Lipinski definition) is 2. The van der Waals surface area contributed by atoms with Crippen molar-refractivity contribution in [1.29, 1.82) is 0 Å². The first-order valence-electron chi connectivity index (χ1n) is 6.52. The lowest BCUT2D eigenvalue weighted by Gasteiger charge is -2.00. The summed E-state index contributed by atoms with van der Waals surface area (Å²) in [4.78, 5) is 4.64. The van der Waals surface area contributed by atoms with Crippen molar-refractivity contribution in [2.75, 3.05) is 5.73 Å². The van der Waals surface area contributed by atoms with Crippen LogP contribution < -0.4 is 5.73 Å². The van der Waals surface area contributed by atoms with E-state index in [1.807, 2.05) is 22.7 Å². The predicted molar refractivity (Wildman–Crippen MR) is 79.2 cm³/mol. The highest BCUT2D eigenvalue weighted by molar-refractivity contribution is 5.71. The first kappa shape index (κ1) is 11.8. The summed E-state index contributed by atoms with van der Waals surface area (Å²) in [5.41, 5.74) is 12.1. The van der Waals surface area contributed by atoms with Crippen molar-refractivity contribution in [2.45, 2.75) is 20.3 Å². The van der Waals surface area contributed by atoms with Crippen LogP contribution in [0.25, 0.3) is 16.9 Å². The van der Waals surface area contributed by atoms with E-state index in [0.717, 1.165) is 29.0 Å². The summed E-state index contributed by atoms with van der Waals surface area (Å²) in [7, 11) is 0. The van der Waals surface area contributed by atoms with Gasteiger partial charge in [0.05, 0.1) is 11.4 Å². The molecule has 0 spiro atoms. The van der Waals surface area contributed by atoms with E-state index in [-0.39, 0.29) is 0 Å². The second kappa shape index (κ2) is 4.43. The van der Waals surface area contributed by atoms with Crippen LogP contribution in [0.3, 0.4) is 0 Å². The number of hydrogen-bond donors (Lipinski definition) is 1. The van der Waals surface area contributed by atoms with Crippen LogP contribution in [0.4, 0.5) is 5.69 Å². The summed E-state index contributed by atoms with van der Waals surface area (Å²) in [6.45, 7) is 4.21. The molecule has 2 N–H and O–H groups in total. The summed E-state index contributed by atoms with van der Waals surface area (Å²) in [5.74, 6) is 0. The van der Waals surface area contributed by atoms with Gasteiger partial charge in [-0.3, -0.25) is 0 Å². The Kier molecular flexibility index (Phi) is 2.75. The van der Waals surface area contributed by atoms with Crippen molar-refractivity contribution >= 4 is 11.3 Å². The molecule has 3 aromatic rings. The lowest BCUT2D eigenvalue weighted by Crippen LogP contribution is -1.94. The SMILES string of the molecule is CCc1ccc(-c2cn3c(C)ccc(N)c3n2)cc1. The summed E-state index contributed by atoms with van der Waals surface area (Å²) in [5, 5.41) is 0. The average molecular weight is 251 g/mol. The Balaban J connectivity index is 2.14. The van der Waals surface area contributed by atoms with Crippen LogP contribution in [0.15, 0.2) is 42.6 Å². The van der Waals surface area contributed by atoms with Gasteiger partial charge in [-0.15, -0.1) is 0 Å². The Labute approximate surface area is 112 Å². The van der Waals surface area contributed by atoms with Gasteiger partial charge in [0.2, 0.25) is 0 Å². The number of pyridine rings is 1. The maximum absolute atomic E-state index is 5.98. The van der Waals surface area contributed by atoms with E-state index < -0.39 is 0 Å². The van der Waals surface area contributed by atoms with E-state index >= 15 is 0 Å². The number of aromatic nitrogens is 2. The highest BCUT2D eigenvalue weighted by atomic mass is 15.0. The zero-order valence-corrected chi connectivity index (χ0v) is 11.2. The Morgan fingerprint density at radius 2 is 1.84 bits per heavy atom. The van der Waals surface area contributed by atoms with Crippen molar-refractivity contribution in [3.05, 3.63) is 53.9 Å². The molecular formula is C16H17N3. The van der Waals surface area contributed by atoms with Gasteiger partial charge in [0.15, 0.2) is 5.65 Å². The summed E-state index contributed by atoms with van der Waals surface area (Å²) < 4.78 is 2.04. The Bertz CT molecular complexity index is 685. The largest absolute Gasteiger partial charge is 0.396 e. The topological polar surface area (TPSA) is 43.3 Å². The standard InChI is InChI=1S/C16H17N3/c1-3-12-5-7-13(8-6-12)15-10-19-11(2)4-9-14(17)16(19)18-15/h4-10H,3,17H2,1-2H3. The molecule has 2 aromatic heterocycles. The number of fused-ring (bicyclic) bond motifs is 1. The molecule has 0 saturated heterocycles. The lowest BCUT2D eigenvalue weighted by atomic mass is 10.1. The third-order valence-corrected chi connectivity index (χ3v) is 3.51. The minimum absolute atomic E-state index is 0.710. The number of benzene rings is 1. The second-order valence-corrected chi connectivity index (χ2v) is 4.80. The predicted octanol–water partition coefficient (Wildman–Crippen LogP) is 3.45. The first-order chi connectivity index (χ1) is 9.19. The molecule has 0 aliphatic carbocycles. The molecule has 19 heavy (non-hydrogen) atoms. The number of rotatable bonds is 2. The molecule has 0 unspecified atom stereocenters. The summed E-state index contributed by atoms with van der Waals surface area (Å²) in [6.07, 6.45) is 3.10. The number of aryl methyl sites for hydroxylation is 2. The Morgan fingerprint density at radius 1 is 1.11 bits per heavy atom. The van der Waals surface area contributed by atoms with E-state index in [2.05, 4.69) is 43.1 Å². The number of nitrogen functional groups attached to an aromatic ring is 1. The minimum Gasteiger partial charge on any atom is -0.396 e. The highest BCUT2D eigenvalue weighted by Gasteiger charge is 2.08. The quantitative estimate of drug-likeness (QED) is 0.758.